The number of rotatable bonds is 2. The maximum Gasteiger partial charge on any atom is 0.136 e. The number of carbonyl (C=O) groups excluding carboxylic acids is 1. The van der Waals surface area contributed by atoms with Crippen molar-refractivity contribution >= 4 is 5.78 Å². The molecule has 1 unspecified atom stereocenters. The Hall–Kier alpha value is -1.11. The van der Waals surface area contributed by atoms with E-state index in [4.69, 9.17) is 0 Å². The van der Waals surface area contributed by atoms with Gasteiger partial charge in [0.1, 0.15) is 5.78 Å². The van der Waals surface area contributed by atoms with Crippen LogP contribution in [0.25, 0.3) is 0 Å². The Labute approximate surface area is 103 Å². The Bertz CT molecular complexity index is 395. The molecule has 0 aliphatic heterocycles. The fourth-order valence-corrected chi connectivity index (χ4v) is 3.79. The standard InChI is InChI=1S/C16H20O/c17-16-8-4-7-14-10-13(11-15(14)16)9-12-5-2-1-3-6-12/h1-3,5-6,13-15H,4,7-11H2/t13?,14-,15-/m1/s1. The minimum atomic E-state index is 0.414. The summed E-state index contributed by atoms with van der Waals surface area (Å²) in [6.07, 6.45) is 6.88. The second-order valence-corrected chi connectivity index (χ2v) is 5.75. The number of ketones is 1. The van der Waals surface area contributed by atoms with Crippen LogP contribution in [0, 0.1) is 17.8 Å². The molecule has 0 radical (unpaired) electrons. The van der Waals surface area contributed by atoms with E-state index in [9.17, 15) is 4.79 Å². The molecule has 3 rings (SSSR count). The molecule has 0 heterocycles. The first-order chi connectivity index (χ1) is 8.33. The lowest BCUT2D eigenvalue weighted by Gasteiger charge is -2.23. The van der Waals surface area contributed by atoms with Gasteiger partial charge in [-0.15, -0.1) is 0 Å². The highest BCUT2D eigenvalue weighted by atomic mass is 16.1. The molecule has 90 valence electrons. The van der Waals surface area contributed by atoms with Gasteiger partial charge in [-0.1, -0.05) is 30.3 Å². The topological polar surface area (TPSA) is 17.1 Å². The number of carbonyl (C=O) groups is 1. The van der Waals surface area contributed by atoms with E-state index >= 15 is 0 Å². The summed E-state index contributed by atoms with van der Waals surface area (Å²) in [5.74, 6) is 2.42. The molecular formula is C16H20O. The molecule has 3 atom stereocenters. The molecule has 2 fully saturated rings. The first-order valence-electron chi connectivity index (χ1n) is 6.89. The van der Waals surface area contributed by atoms with Gasteiger partial charge >= 0.3 is 0 Å². The minimum Gasteiger partial charge on any atom is -0.299 e. The van der Waals surface area contributed by atoms with E-state index in [-0.39, 0.29) is 0 Å². The number of benzene rings is 1. The first-order valence-corrected chi connectivity index (χ1v) is 6.89. The molecule has 2 saturated carbocycles. The Kier molecular flexibility index (Phi) is 3.00. The molecule has 0 bridgehead atoms. The lowest BCUT2D eigenvalue weighted by Crippen LogP contribution is -2.23. The van der Waals surface area contributed by atoms with E-state index < -0.39 is 0 Å². The van der Waals surface area contributed by atoms with E-state index in [0.717, 1.165) is 25.2 Å². The van der Waals surface area contributed by atoms with Gasteiger partial charge in [0, 0.05) is 12.3 Å². The first kappa shape index (κ1) is 11.0. The van der Waals surface area contributed by atoms with E-state index in [1.54, 1.807) is 0 Å². The van der Waals surface area contributed by atoms with Crippen molar-refractivity contribution in [1.82, 2.24) is 0 Å². The van der Waals surface area contributed by atoms with Crippen molar-refractivity contribution in [2.45, 2.75) is 38.5 Å². The van der Waals surface area contributed by atoms with Crippen LogP contribution in [0.2, 0.25) is 0 Å². The van der Waals surface area contributed by atoms with Crippen LogP contribution in [0.15, 0.2) is 30.3 Å². The summed E-state index contributed by atoms with van der Waals surface area (Å²) in [5.41, 5.74) is 1.43. The van der Waals surface area contributed by atoms with E-state index in [1.807, 2.05) is 0 Å². The molecule has 17 heavy (non-hydrogen) atoms. The smallest absolute Gasteiger partial charge is 0.136 e. The van der Waals surface area contributed by atoms with Gasteiger partial charge in [0.2, 0.25) is 0 Å². The lowest BCUT2D eigenvalue weighted by atomic mass is 9.81. The van der Waals surface area contributed by atoms with Crippen molar-refractivity contribution < 1.29 is 4.79 Å². The van der Waals surface area contributed by atoms with Crippen LogP contribution in [0.4, 0.5) is 0 Å². The van der Waals surface area contributed by atoms with Crippen LogP contribution in [0.5, 0.6) is 0 Å². The molecule has 1 aromatic rings. The largest absolute Gasteiger partial charge is 0.299 e. The molecule has 0 saturated heterocycles. The Morgan fingerprint density at radius 3 is 2.71 bits per heavy atom. The van der Waals surface area contributed by atoms with Crippen molar-refractivity contribution in [3.8, 4) is 0 Å². The van der Waals surface area contributed by atoms with Crippen molar-refractivity contribution in [3.05, 3.63) is 35.9 Å². The van der Waals surface area contributed by atoms with Crippen LogP contribution < -0.4 is 0 Å². The summed E-state index contributed by atoms with van der Waals surface area (Å²) in [7, 11) is 0. The van der Waals surface area contributed by atoms with Crippen LogP contribution in [-0.4, -0.2) is 5.78 Å². The zero-order valence-corrected chi connectivity index (χ0v) is 10.3. The van der Waals surface area contributed by atoms with E-state index in [0.29, 0.717) is 17.6 Å². The molecule has 2 aliphatic rings. The third-order valence-electron chi connectivity index (χ3n) is 4.57. The highest BCUT2D eigenvalue weighted by Crippen LogP contribution is 2.44. The van der Waals surface area contributed by atoms with Gasteiger partial charge in [0.25, 0.3) is 0 Å². The minimum absolute atomic E-state index is 0.414. The monoisotopic (exact) mass is 228 g/mol. The Morgan fingerprint density at radius 1 is 1.12 bits per heavy atom. The summed E-state index contributed by atoms with van der Waals surface area (Å²) < 4.78 is 0. The number of fused-ring (bicyclic) bond motifs is 1. The quantitative estimate of drug-likeness (QED) is 0.755. The highest BCUT2D eigenvalue weighted by Gasteiger charge is 2.39. The molecule has 0 amide bonds. The van der Waals surface area contributed by atoms with Crippen molar-refractivity contribution in [3.63, 3.8) is 0 Å². The average molecular weight is 228 g/mol. The van der Waals surface area contributed by atoms with Crippen LogP contribution >= 0.6 is 0 Å². The summed E-state index contributed by atoms with van der Waals surface area (Å²) in [5, 5.41) is 0. The second kappa shape index (κ2) is 4.64. The number of hydrogen-bond donors (Lipinski definition) is 0. The number of Topliss-reactive ketones (excluding diaryl/α,β-unsaturated/α-hetero) is 1. The molecular weight excluding hydrogens is 208 g/mol. The van der Waals surface area contributed by atoms with Crippen molar-refractivity contribution in [2.24, 2.45) is 17.8 Å². The zero-order valence-electron chi connectivity index (χ0n) is 10.3. The van der Waals surface area contributed by atoms with Gasteiger partial charge in [-0.3, -0.25) is 4.79 Å². The maximum absolute atomic E-state index is 11.9. The molecule has 0 N–H and O–H groups in total. The third-order valence-corrected chi connectivity index (χ3v) is 4.57. The summed E-state index contributed by atoms with van der Waals surface area (Å²) in [4.78, 5) is 11.9. The highest BCUT2D eigenvalue weighted by molar-refractivity contribution is 5.82. The summed E-state index contributed by atoms with van der Waals surface area (Å²) in [6, 6.07) is 10.7. The Morgan fingerprint density at radius 2 is 1.94 bits per heavy atom. The molecule has 1 aromatic carbocycles. The third kappa shape index (κ3) is 2.29. The van der Waals surface area contributed by atoms with Crippen LogP contribution in [-0.2, 0) is 11.2 Å². The van der Waals surface area contributed by atoms with Gasteiger partial charge < -0.3 is 0 Å². The molecule has 1 heteroatoms. The summed E-state index contributed by atoms with van der Waals surface area (Å²) >= 11 is 0. The van der Waals surface area contributed by atoms with E-state index in [1.165, 1.54) is 24.8 Å². The lowest BCUT2D eigenvalue weighted by molar-refractivity contribution is -0.125. The molecule has 1 nitrogen and oxygen atoms in total. The predicted molar refractivity (Wildman–Crippen MR) is 68.7 cm³/mol. The predicted octanol–water partition coefficient (Wildman–Crippen LogP) is 3.62. The van der Waals surface area contributed by atoms with Crippen molar-refractivity contribution in [1.29, 1.82) is 0 Å². The van der Waals surface area contributed by atoms with Gasteiger partial charge in [-0.2, -0.15) is 0 Å². The molecule has 0 spiro atoms. The normalized spacial score (nSPS) is 32.5. The van der Waals surface area contributed by atoms with Gasteiger partial charge in [0.05, 0.1) is 0 Å². The Balaban J connectivity index is 1.66. The average Bonchev–Trinajstić information content (AvgIpc) is 2.74. The van der Waals surface area contributed by atoms with Gasteiger partial charge in [0.15, 0.2) is 0 Å². The van der Waals surface area contributed by atoms with Gasteiger partial charge in [-0.05, 0) is 49.5 Å². The van der Waals surface area contributed by atoms with E-state index in [2.05, 4.69) is 30.3 Å². The molecule has 2 aliphatic carbocycles. The molecule has 0 aromatic heterocycles. The summed E-state index contributed by atoms with van der Waals surface area (Å²) in [6.45, 7) is 0. The zero-order chi connectivity index (χ0) is 11.7. The van der Waals surface area contributed by atoms with Crippen LogP contribution in [0.1, 0.15) is 37.7 Å². The van der Waals surface area contributed by atoms with Gasteiger partial charge in [-0.25, -0.2) is 0 Å². The maximum atomic E-state index is 11.9. The van der Waals surface area contributed by atoms with Crippen molar-refractivity contribution in [2.75, 3.05) is 0 Å². The fraction of sp³-hybridized carbons (Fsp3) is 0.562. The number of hydrogen-bond acceptors (Lipinski definition) is 1. The second-order valence-electron chi connectivity index (χ2n) is 5.75. The SMILES string of the molecule is O=C1CCC[C@@H]2CC(Cc3ccccc3)C[C@@H]12. The fourth-order valence-electron chi connectivity index (χ4n) is 3.79. The van der Waals surface area contributed by atoms with Crippen LogP contribution in [0.3, 0.4) is 0 Å².